The van der Waals surface area contributed by atoms with Crippen molar-refractivity contribution >= 4 is 15.6 Å². The Balaban J connectivity index is 4.07. The lowest BCUT2D eigenvalue weighted by Crippen LogP contribution is -2.20. The molecular formula is C4H6F2O3S. The molecule has 0 unspecified atom stereocenters. The summed E-state index contributed by atoms with van der Waals surface area (Å²) in [4.78, 5) is 10.0. The van der Waals surface area contributed by atoms with Crippen molar-refractivity contribution in [3.63, 3.8) is 0 Å². The first-order valence-electron chi connectivity index (χ1n) is 2.31. The van der Waals surface area contributed by atoms with Crippen LogP contribution in [0, 0.1) is 0 Å². The number of ketones is 1. The van der Waals surface area contributed by atoms with E-state index in [0.717, 1.165) is 6.26 Å². The highest BCUT2D eigenvalue weighted by Gasteiger charge is 2.19. The Morgan fingerprint density at radius 2 is 1.90 bits per heavy atom. The van der Waals surface area contributed by atoms with E-state index in [-0.39, 0.29) is 0 Å². The minimum Gasteiger partial charge on any atom is -0.292 e. The van der Waals surface area contributed by atoms with Crippen LogP contribution in [0.4, 0.5) is 8.78 Å². The standard InChI is InChI=1S/C4H6F2O3S/c1-10(8,9)2-3(7)4(5)6/h4H,2H2,1H3. The zero-order valence-electron chi connectivity index (χ0n) is 5.17. The number of sulfone groups is 1. The molecule has 0 bridgehead atoms. The normalized spacial score (nSPS) is 12.0. The number of Topliss-reactive ketones (excluding diaryl/α,β-unsaturated/α-hetero) is 1. The molecule has 3 nitrogen and oxygen atoms in total. The van der Waals surface area contributed by atoms with E-state index in [4.69, 9.17) is 0 Å². The summed E-state index contributed by atoms with van der Waals surface area (Å²) in [6.07, 6.45) is -2.46. The van der Waals surface area contributed by atoms with Gasteiger partial charge in [-0.2, -0.15) is 0 Å². The Morgan fingerprint density at radius 1 is 1.50 bits per heavy atom. The lowest BCUT2D eigenvalue weighted by atomic mass is 10.5. The summed E-state index contributed by atoms with van der Waals surface area (Å²) >= 11 is 0. The number of carbonyl (C=O) groups excluding carboxylic acids is 1. The monoisotopic (exact) mass is 172 g/mol. The van der Waals surface area contributed by atoms with Crippen molar-refractivity contribution in [1.29, 1.82) is 0 Å². The third-order valence-corrected chi connectivity index (χ3v) is 1.46. The molecule has 0 aromatic heterocycles. The largest absolute Gasteiger partial charge is 0.297 e. The molecule has 0 aliphatic rings. The molecule has 6 heteroatoms. The van der Waals surface area contributed by atoms with Crippen LogP contribution in [-0.4, -0.2) is 32.6 Å². The van der Waals surface area contributed by atoms with E-state index in [1.165, 1.54) is 0 Å². The van der Waals surface area contributed by atoms with Crippen LogP contribution >= 0.6 is 0 Å². The summed E-state index contributed by atoms with van der Waals surface area (Å²) < 4.78 is 43.1. The van der Waals surface area contributed by atoms with Crippen molar-refractivity contribution in [2.75, 3.05) is 12.0 Å². The van der Waals surface area contributed by atoms with Gasteiger partial charge >= 0.3 is 0 Å². The Labute approximate surface area is 57.0 Å². The number of rotatable bonds is 3. The number of hydrogen-bond acceptors (Lipinski definition) is 3. The molecule has 0 saturated heterocycles. The first-order chi connectivity index (χ1) is 4.33. The van der Waals surface area contributed by atoms with Gasteiger partial charge in [0.1, 0.15) is 5.75 Å². The average molecular weight is 172 g/mol. The van der Waals surface area contributed by atoms with Crippen LogP contribution in [0.3, 0.4) is 0 Å². The summed E-state index contributed by atoms with van der Waals surface area (Å²) in [6.45, 7) is 0. The summed E-state index contributed by atoms with van der Waals surface area (Å²) in [7, 11) is -3.60. The highest BCUT2D eigenvalue weighted by Crippen LogP contribution is 1.96. The van der Waals surface area contributed by atoms with Gasteiger partial charge < -0.3 is 0 Å². The van der Waals surface area contributed by atoms with Gasteiger partial charge in [0.2, 0.25) is 5.78 Å². The van der Waals surface area contributed by atoms with Crippen molar-refractivity contribution in [3.8, 4) is 0 Å². The van der Waals surface area contributed by atoms with E-state index >= 15 is 0 Å². The lowest BCUT2D eigenvalue weighted by molar-refractivity contribution is -0.126. The maximum absolute atomic E-state index is 11.3. The molecule has 0 aromatic rings. The van der Waals surface area contributed by atoms with Gasteiger partial charge in [-0.15, -0.1) is 0 Å². The highest BCUT2D eigenvalue weighted by atomic mass is 32.2. The summed E-state index contributed by atoms with van der Waals surface area (Å²) in [5, 5.41) is 0. The van der Waals surface area contributed by atoms with Crippen LogP contribution in [-0.2, 0) is 14.6 Å². The van der Waals surface area contributed by atoms with Gasteiger partial charge in [0.15, 0.2) is 9.84 Å². The van der Waals surface area contributed by atoms with Crippen molar-refractivity contribution in [2.45, 2.75) is 6.43 Å². The smallest absolute Gasteiger partial charge is 0.292 e. The van der Waals surface area contributed by atoms with Crippen molar-refractivity contribution in [2.24, 2.45) is 0 Å². The summed E-state index contributed by atoms with van der Waals surface area (Å²) in [6, 6.07) is 0. The predicted octanol–water partition coefficient (Wildman–Crippen LogP) is -0.135. The number of halogens is 2. The second-order valence-corrected chi connectivity index (χ2v) is 3.98. The van der Waals surface area contributed by atoms with Crippen molar-refractivity contribution in [3.05, 3.63) is 0 Å². The van der Waals surface area contributed by atoms with Gasteiger partial charge in [-0.1, -0.05) is 0 Å². The van der Waals surface area contributed by atoms with E-state index < -0.39 is 27.8 Å². The summed E-state index contributed by atoms with van der Waals surface area (Å²) in [5.74, 6) is -2.63. The van der Waals surface area contributed by atoms with Crippen molar-refractivity contribution in [1.82, 2.24) is 0 Å². The quantitative estimate of drug-likeness (QED) is 0.595. The molecule has 0 radical (unpaired) electrons. The molecule has 0 heterocycles. The molecule has 0 N–H and O–H groups in total. The van der Waals surface area contributed by atoms with Gasteiger partial charge in [-0.05, 0) is 0 Å². The Morgan fingerprint density at radius 3 is 2.00 bits per heavy atom. The third kappa shape index (κ3) is 4.37. The van der Waals surface area contributed by atoms with Gasteiger partial charge in [-0.25, -0.2) is 17.2 Å². The van der Waals surface area contributed by atoms with Crippen LogP contribution in [0.5, 0.6) is 0 Å². The zero-order valence-corrected chi connectivity index (χ0v) is 5.99. The van der Waals surface area contributed by atoms with E-state index in [1.807, 2.05) is 0 Å². The maximum Gasteiger partial charge on any atom is 0.297 e. The van der Waals surface area contributed by atoms with Crippen LogP contribution in [0.1, 0.15) is 0 Å². The molecule has 0 aromatic carbocycles. The molecule has 10 heavy (non-hydrogen) atoms. The molecule has 0 spiro atoms. The predicted molar refractivity (Wildman–Crippen MR) is 30.7 cm³/mol. The fourth-order valence-corrected chi connectivity index (χ4v) is 0.964. The Bertz CT molecular complexity index is 219. The van der Waals surface area contributed by atoms with E-state index in [0.29, 0.717) is 0 Å². The molecule has 0 rings (SSSR count). The molecule has 0 aliphatic carbocycles. The molecule has 60 valence electrons. The van der Waals surface area contributed by atoms with Crippen LogP contribution in [0.2, 0.25) is 0 Å². The molecule has 0 amide bonds. The SMILES string of the molecule is CS(=O)(=O)CC(=O)C(F)F. The minimum absolute atomic E-state index is 0.729. The fourth-order valence-electron chi connectivity index (χ4n) is 0.321. The first-order valence-corrected chi connectivity index (χ1v) is 4.37. The summed E-state index contributed by atoms with van der Waals surface area (Å²) in [5.41, 5.74) is 0. The fraction of sp³-hybridized carbons (Fsp3) is 0.750. The molecule has 0 saturated carbocycles. The van der Waals surface area contributed by atoms with Gasteiger partial charge in [0.25, 0.3) is 6.43 Å². The molecular weight excluding hydrogens is 166 g/mol. The lowest BCUT2D eigenvalue weighted by Gasteiger charge is -1.94. The number of carbonyl (C=O) groups is 1. The van der Waals surface area contributed by atoms with Crippen LogP contribution in [0.15, 0.2) is 0 Å². The highest BCUT2D eigenvalue weighted by molar-refractivity contribution is 7.91. The van der Waals surface area contributed by atoms with Crippen LogP contribution in [0.25, 0.3) is 0 Å². The molecule has 0 atom stereocenters. The van der Waals surface area contributed by atoms with Gasteiger partial charge in [-0.3, -0.25) is 4.79 Å². The van der Waals surface area contributed by atoms with E-state index in [2.05, 4.69) is 0 Å². The second-order valence-electron chi connectivity index (χ2n) is 1.84. The third-order valence-electron chi connectivity index (χ3n) is 0.648. The first kappa shape index (κ1) is 9.48. The topological polar surface area (TPSA) is 51.2 Å². The number of alkyl halides is 2. The van der Waals surface area contributed by atoms with E-state index in [9.17, 15) is 22.0 Å². The Hall–Kier alpha value is -0.520. The Kier molecular flexibility index (Phi) is 2.89. The average Bonchev–Trinajstić information content (AvgIpc) is 1.60. The van der Waals surface area contributed by atoms with Crippen molar-refractivity contribution < 1.29 is 22.0 Å². The van der Waals surface area contributed by atoms with E-state index in [1.54, 1.807) is 0 Å². The second kappa shape index (κ2) is 3.05. The molecule has 0 aliphatic heterocycles. The number of hydrogen-bond donors (Lipinski definition) is 0. The van der Waals surface area contributed by atoms with Gasteiger partial charge in [0, 0.05) is 6.26 Å². The van der Waals surface area contributed by atoms with Gasteiger partial charge in [0.05, 0.1) is 0 Å². The van der Waals surface area contributed by atoms with Crippen LogP contribution < -0.4 is 0 Å². The maximum atomic E-state index is 11.3. The minimum atomic E-state index is -3.60. The molecule has 0 fully saturated rings. The zero-order chi connectivity index (χ0) is 8.36.